The Morgan fingerprint density at radius 3 is 1.88 bits per heavy atom. The highest BCUT2D eigenvalue weighted by Gasteiger charge is 2.63. The molecular weight excluding hydrogens is 316 g/mol. The van der Waals surface area contributed by atoms with E-state index in [2.05, 4.69) is 6.92 Å². The largest absolute Gasteiger partial charge is 0.481 e. The van der Waals surface area contributed by atoms with E-state index in [0.717, 1.165) is 18.4 Å². The van der Waals surface area contributed by atoms with Crippen LogP contribution in [0.25, 0.3) is 0 Å². The average molecular weight is 348 g/mol. The number of aliphatic carboxylic acids is 2. The van der Waals surface area contributed by atoms with Crippen LogP contribution in [0, 0.1) is 16.2 Å². The molecule has 0 aromatic heterocycles. The van der Waals surface area contributed by atoms with E-state index in [9.17, 15) is 19.8 Å². The number of unbranched alkanes of at least 4 members (excludes halogenated alkanes) is 2. The van der Waals surface area contributed by atoms with E-state index in [-0.39, 0.29) is 6.42 Å². The Bertz CT molecular complexity index is 588. The molecule has 0 aliphatic rings. The minimum Gasteiger partial charge on any atom is -0.481 e. The van der Waals surface area contributed by atoms with Gasteiger partial charge in [0, 0.05) is 0 Å². The summed E-state index contributed by atoms with van der Waals surface area (Å²) in [5.41, 5.74) is -2.63. The summed E-state index contributed by atoms with van der Waals surface area (Å²) in [5.74, 6) is -2.07. The van der Waals surface area contributed by atoms with Crippen LogP contribution in [0.2, 0.25) is 0 Å². The minimum absolute atomic E-state index is 0.193. The third-order valence-electron chi connectivity index (χ3n) is 5.62. The highest BCUT2D eigenvalue weighted by Crippen LogP contribution is 2.56. The molecule has 4 heteroatoms. The van der Waals surface area contributed by atoms with E-state index >= 15 is 0 Å². The Labute approximate surface area is 151 Å². The number of hydrogen-bond acceptors (Lipinski definition) is 2. The summed E-state index contributed by atoms with van der Waals surface area (Å²) in [5, 5.41) is 20.4. The molecule has 25 heavy (non-hydrogen) atoms. The van der Waals surface area contributed by atoms with Gasteiger partial charge in [-0.15, -0.1) is 0 Å². The Kier molecular flexibility index (Phi) is 6.81. The van der Waals surface area contributed by atoms with Crippen molar-refractivity contribution in [2.45, 2.75) is 66.7 Å². The molecule has 0 aliphatic carbocycles. The van der Waals surface area contributed by atoms with Gasteiger partial charge in [0.1, 0.15) is 0 Å². The van der Waals surface area contributed by atoms with Crippen molar-refractivity contribution in [3.05, 3.63) is 35.9 Å². The Morgan fingerprint density at radius 2 is 1.48 bits per heavy atom. The van der Waals surface area contributed by atoms with Crippen molar-refractivity contribution in [3.63, 3.8) is 0 Å². The highest BCUT2D eigenvalue weighted by molar-refractivity contribution is 5.87. The second kappa shape index (κ2) is 8.03. The summed E-state index contributed by atoms with van der Waals surface area (Å²) in [6.45, 7) is 9.20. The minimum atomic E-state index is -1.41. The summed E-state index contributed by atoms with van der Waals surface area (Å²) >= 11 is 0. The van der Waals surface area contributed by atoms with Gasteiger partial charge >= 0.3 is 11.9 Å². The zero-order chi connectivity index (χ0) is 19.3. The summed E-state index contributed by atoms with van der Waals surface area (Å²) in [7, 11) is 0. The predicted octanol–water partition coefficient (Wildman–Crippen LogP) is 5.02. The molecule has 0 bridgehead atoms. The van der Waals surface area contributed by atoms with Gasteiger partial charge in [0.05, 0.1) is 10.8 Å². The third kappa shape index (κ3) is 4.05. The fraction of sp³-hybridized carbons (Fsp3) is 0.619. The van der Waals surface area contributed by atoms with Gasteiger partial charge in [-0.25, -0.2) is 0 Å². The van der Waals surface area contributed by atoms with Crippen LogP contribution in [0.4, 0.5) is 0 Å². The maximum Gasteiger partial charge on any atom is 0.311 e. The Balaban J connectivity index is 3.52. The lowest BCUT2D eigenvalue weighted by molar-refractivity contribution is -0.187. The molecule has 1 aromatic rings. The zero-order valence-electron chi connectivity index (χ0n) is 16.1. The number of carboxylic acid groups (broad SMARTS) is 2. The first-order valence-electron chi connectivity index (χ1n) is 9.03. The molecule has 4 nitrogen and oxygen atoms in total. The number of hydrogen-bond donors (Lipinski definition) is 2. The van der Waals surface area contributed by atoms with Gasteiger partial charge in [-0.05, 0) is 30.7 Å². The van der Waals surface area contributed by atoms with Crippen molar-refractivity contribution >= 4 is 11.9 Å². The normalized spacial score (nSPS) is 16.7. The number of carboxylic acids is 2. The van der Waals surface area contributed by atoms with Crippen LogP contribution in [0.3, 0.4) is 0 Å². The molecule has 0 saturated carbocycles. The molecule has 0 heterocycles. The fourth-order valence-electron chi connectivity index (χ4n) is 4.20. The molecular formula is C21H32O4. The fourth-order valence-corrected chi connectivity index (χ4v) is 4.20. The summed E-state index contributed by atoms with van der Waals surface area (Å²) in [4.78, 5) is 24.9. The van der Waals surface area contributed by atoms with Crippen LogP contribution in [0.5, 0.6) is 0 Å². The first-order chi connectivity index (χ1) is 11.5. The molecule has 0 fully saturated rings. The van der Waals surface area contributed by atoms with Crippen molar-refractivity contribution < 1.29 is 19.8 Å². The molecule has 0 spiro atoms. The Morgan fingerprint density at radius 1 is 0.920 bits per heavy atom. The lowest BCUT2D eigenvalue weighted by atomic mass is 9.49. The first-order valence-corrected chi connectivity index (χ1v) is 9.03. The zero-order valence-corrected chi connectivity index (χ0v) is 16.1. The standard InChI is InChI=1S/C21H32O4/c1-6-7-11-14-21(18(24)25,19(2,3)4)20(5,17(22)23)15-16-12-9-8-10-13-16/h8-10,12-13H,6-7,11,14-15H2,1-5H3,(H,22,23)(H,24,25). The van der Waals surface area contributed by atoms with Crippen molar-refractivity contribution in [3.8, 4) is 0 Å². The van der Waals surface area contributed by atoms with E-state index in [1.165, 1.54) is 0 Å². The van der Waals surface area contributed by atoms with Gasteiger partial charge in [0.2, 0.25) is 0 Å². The summed E-state index contributed by atoms with van der Waals surface area (Å²) in [6, 6.07) is 9.31. The van der Waals surface area contributed by atoms with Gasteiger partial charge in [0.25, 0.3) is 0 Å². The van der Waals surface area contributed by atoms with E-state index < -0.39 is 28.2 Å². The average Bonchev–Trinajstić information content (AvgIpc) is 2.50. The van der Waals surface area contributed by atoms with Crippen molar-refractivity contribution in [2.24, 2.45) is 16.2 Å². The molecule has 2 atom stereocenters. The van der Waals surface area contributed by atoms with Crippen molar-refractivity contribution in [2.75, 3.05) is 0 Å². The van der Waals surface area contributed by atoms with Crippen LogP contribution in [0.15, 0.2) is 30.3 Å². The van der Waals surface area contributed by atoms with E-state index in [1.54, 1.807) is 6.92 Å². The predicted molar refractivity (Wildman–Crippen MR) is 99.6 cm³/mol. The molecule has 1 rings (SSSR count). The van der Waals surface area contributed by atoms with Gasteiger partial charge < -0.3 is 10.2 Å². The molecule has 2 unspecified atom stereocenters. The lowest BCUT2D eigenvalue weighted by Gasteiger charge is -2.51. The van der Waals surface area contributed by atoms with E-state index in [1.807, 2.05) is 51.1 Å². The highest BCUT2D eigenvalue weighted by atomic mass is 16.4. The summed E-state index contributed by atoms with van der Waals surface area (Å²) < 4.78 is 0. The van der Waals surface area contributed by atoms with Crippen LogP contribution in [-0.4, -0.2) is 22.2 Å². The summed E-state index contributed by atoms with van der Waals surface area (Å²) in [6.07, 6.45) is 3.11. The maximum absolute atomic E-state index is 12.5. The first kappa shape index (κ1) is 21.2. The van der Waals surface area contributed by atoms with Gasteiger partial charge in [-0.3, -0.25) is 9.59 Å². The molecule has 140 valence electrons. The van der Waals surface area contributed by atoms with Crippen molar-refractivity contribution in [1.29, 1.82) is 0 Å². The molecule has 2 N–H and O–H groups in total. The van der Waals surface area contributed by atoms with Gasteiger partial charge in [-0.1, -0.05) is 77.3 Å². The van der Waals surface area contributed by atoms with Crippen LogP contribution < -0.4 is 0 Å². The molecule has 1 aromatic carbocycles. The number of benzene rings is 1. The third-order valence-corrected chi connectivity index (χ3v) is 5.62. The molecule has 0 aliphatic heterocycles. The van der Waals surface area contributed by atoms with Crippen molar-refractivity contribution in [1.82, 2.24) is 0 Å². The maximum atomic E-state index is 12.5. The lowest BCUT2D eigenvalue weighted by Crippen LogP contribution is -2.58. The Hall–Kier alpha value is -1.84. The number of carbonyl (C=O) groups is 2. The second-order valence-electron chi connectivity index (χ2n) is 8.22. The van der Waals surface area contributed by atoms with Gasteiger partial charge in [-0.2, -0.15) is 0 Å². The monoisotopic (exact) mass is 348 g/mol. The van der Waals surface area contributed by atoms with E-state index in [0.29, 0.717) is 12.8 Å². The van der Waals surface area contributed by atoms with Gasteiger partial charge in [0.15, 0.2) is 0 Å². The SMILES string of the molecule is CCCCCC(C(=O)O)(C(C)(C)C)C(C)(Cc1ccccc1)C(=O)O. The quantitative estimate of drug-likeness (QED) is 0.615. The van der Waals surface area contributed by atoms with Crippen LogP contribution in [-0.2, 0) is 16.0 Å². The van der Waals surface area contributed by atoms with E-state index in [4.69, 9.17) is 0 Å². The molecule has 0 radical (unpaired) electrons. The van der Waals surface area contributed by atoms with Crippen LogP contribution >= 0.6 is 0 Å². The second-order valence-corrected chi connectivity index (χ2v) is 8.22. The topological polar surface area (TPSA) is 74.6 Å². The number of rotatable bonds is 9. The van der Waals surface area contributed by atoms with Crippen LogP contribution in [0.1, 0.15) is 65.9 Å². The molecule has 0 saturated heterocycles. The smallest absolute Gasteiger partial charge is 0.311 e. The molecule has 0 amide bonds.